The van der Waals surface area contributed by atoms with Crippen LogP contribution < -0.4 is 9.62 Å². The van der Waals surface area contributed by atoms with Gasteiger partial charge in [-0.3, -0.25) is 13.9 Å². The highest BCUT2D eigenvalue weighted by Gasteiger charge is 2.35. The van der Waals surface area contributed by atoms with E-state index in [-0.39, 0.29) is 39.1 Å². The molecule has 3 aromatic rings. The van der Waals surface area contributed by atoms with E-state index in [1.807, 2.05) is 38.1 Å². The molecular weight excluding hydrogens is 581 g/mol. The predicted octanol–water partition coefficient (Wildman–Crippen LogP) is 6.36. The van der Waals surface area contributed by atoms with Gasteiger partial charge < -0.3 is 10.2 Å². The normalized spacial score (nSPS) is 14.4. The number of sulfonamides is 1. The monoisotopic (exact) mass is 615 g/mol. The SMILES string of the molecule is CCC(C(=O)NC1CCCC1)N(Cc1ccccc1C)C(=O)CN(c1cc(Cl)cc(Cl)c1)S(=O)(=O)c1ccccc1. The second-order valence-corrected chi connectivity index (χ2v) is 13.0. The summed E-state index contributed by atoms with van der Waals surface area (Å²) in [6.07, 6.45) is 4.30. The van der Waals surface area contributed by atoms with E-state index < -0.39 is 28.5 Å². The number of carbonyl (C=O) groups excluding carboxylic acids is 2. The number of amides is 2. The molecule has 10 heteroatoms. The number of carbonyl (C=O) groups is 2. The fourth-order valence-electron chi connectivity index (χ4n) is 5.19. The molecule has 0 aromatic heterocycles. The van der Waals surface area contributed by atoms with Gasteiger partial charge in [-0.15, -0.1) is 0 Å². The van der Waals surface area contributed by atoms with E-state index in [4.69, 9.17) is 23.2 Å². The maximum absolute atomic E-state index is 14.2. The van der Waals surface area contributed by atoms with Gasteiger partial charge in [0.05, 0.1) is 10.6 Å². The second kappa shape index (κ2) is 13.7. The molecule has 1 fully saturated rings. The summed E-state index contributed by atoms with van der Waals surface area (Å²) >= 11 is 12.5. The molecule has 7 nitrogen and oxygen atoms in total. The first kappa shape index (κ1) is 30.9. The molecule has 4 rings (SSSR count). The van der Waals surface area contributed by atoms with Crippen molar-refractivity contribution in [2.24, 2.45) is 0 Å². The standard InChI is InChI=1S/C31H35Cl2N3O4S/c1-3-29(31(38)34-26-13-9-10-14-26)35(20-23-12-8-7-11-22(23)2)30(37)21-36(27-18-24(32)17-25(33)19-27)41(39,40)28-15-5-4-6-16-28/h4-8,11-12,15-19,26,29H,3,9-10,13-14,20-21H2,1-2H3,(H,34,38). The molecule has 0 radical (unpaired) electrons. The minimum absolute atomic E-state index is 0.0142. The van der Waals surface area contributed by atoms with Crippen molar-refractivity contribution in [2.75, 3.05) is 10.8 Å². The molecular formula is C31H35Cl2N3O4S. The van der Waals surface area contributed by atoms with Crippen molar-refractivity contribution in [3.63, 3.8) is 0 Å². The summed E-state index contributed by atoms with van der Waals surface area (Å²) in [4.78, 5) is 29.3. The third-order valence-corrected chi connectivity index (χ3v) is 9.66. The average Bonchev–Trinajstić information content (AvgIpc) is 3.45. The number of nitrogens with one attached hydrogen (secondary N) is 1. The lowest BCUT2D eigenvalue weighted by Crippen LogP contribution is -2.53. The van der Waals surface area contributed by atoms with Gasteiger partial charge in [-0.1, -0.05) is 85.4 Å². The van der Waals surface area contributed by atoms with Crippen molar-refractivity contribution in [3.8, 4) is 0 Å². The van der Waals surface area contributed by atoms with Crippen molar-refractivity contribution < 1.29 is 18.0 Å². The van der Waals surface area contributed by atoms with E-state index in [0.717, 1.165) is 41.1 Å². The molecule has 0 saturated heterocycles. The number of hydrogen-bond donors (Lipinski definition) is 1. The van der Waals surface area contributed by atoms with Gasteiger partial charge in [0.15, 0.2) is 0 Å². The lowest BCUT2D eigenvalue weighted by molar-refractivity contribution is -0.140. The molecule has 1 atom stereocenters. The predicted molar refractivity (Wildman–Crippen MR) is 164 cm³/mol. The fraction of sp³-hybridized carbons (Fsp3) is 0.355. The number of rotatable bonds is 11. The highest BCUT2D eigenvalue weighted by molar-refractivity contribution is 7.92. The number of aryl methyl sites for hydroxylation is 1. The minimum Gasteiger partial charge on any atom is -0.352 e. The Morgan fingerprint density at radius 3 is 2.17 bits per heavy atom. The lowest BCUT2D eigenvalue weighted by atomic mass is 10.1. The number of benzene rings is 3. The number of nitrogens with zero attached hydrogens (tertiary/aromatic N) is 2. The Kier molecular flexibility index (Phi) is 10.3. The number of hydrogen-bond acceptors (Lipinski definition) is 4. The van der Waals surface area contributed by atoms with Gasteiger partial charge >= 0.3 is 0 Å². The Balaban J connectivity index is 1.74. The Morgan fingerprint density at radius 1 is 0.951 bits per heavy atom. The summed E-state index contributed by atoms with van der Waals surface area (Å²) in [6, 6.07) is 19.2. The van der Waals surface area contributed by atoms with Crippen LogP contribution >= 0.6 is 23.2 Å². The van der Waals surface area contributed by atoms with Gasteiger partial charge in [0.25, 0.3) is 10.0 Å². The molecule has 1 saturated carbocycles. The minimum atomic E-state index is -4.20. The third-order valence-electron chi connectivity index (χ3n) is 7.43. The fourth-order valence-corrected chi connectivity index (χ4v) is 7.12. The van der Waals surface area contributed by atoms with Crippen LogP contribution in [-0.2, 0) is 26.2 Å². The zero-order valence-corrected chi connectivity index (χ0v) is 25.6. The van der Waals surface area contributed by atoms with Crippen LogP contribution in [0.25, 0.3) is 0 Å². The van der Waals surface area contributed by atoms with Crippen LogP contribution in [-0.4, -0.2) is 43.8 Å². The molecule has 1 unspecified atom stereocenters. The first-order valence-corrected chi connectivity index (χ1v) is 16.0. The van der Waals surface area contributed by atoms with Crippen molar-refractivity contribution in [1.82, 2.24) is 10.2 Å². The largest absolute Gasteiger partial charge is 0.352 e. The first-order chi connectivity index (χ1) is 19.6. The van der Waals surface area contributed by atoms with Crippen LogP contribution in [0.1, 0.15) is 50.2 Å². The molecule has 41 heavy (non-hydrogen) atoms. The van der Waals surface area contributed by atoms with Gasteiger partial charge in [-0.25, -0.2) is 8.42 Å². The molecule has 0 heterocycles. The molecule has 0 spiro atoms. The number of anilines is 1. The Labute approximate surface area is 252 Å². The molecule has 3 aromatic carbocycles. The maximum Gasteiger partial charge on any atom is 0.264 e. The van der Waals surface area contributed by atoms with Crippen LogP contribution in [0.2, 0.25) is 10.0 Å². The Morgan fingerprint density at radius 2 is 1.56 bits per heavy atom. The molecule has 2 amide bonds. The summed E-state index contributed by atoms with van der Waals surface area (Å²) in [6.45, 7) is 3.40. The van der Waals surface area contributed by atoms with Crippen LogP contribution in [0.4, 0.5) is 5.69 Å². The summed E-state index contributed by atoms with van der Waals surface area (Å²) < 4.78 is 28.8. The Hall–Kier alpha value is -3.07. The molecule has 1 aliphatic rings. The molecule has 218 valence electrons. The quantitative estimate of drug-likeness (QED) is 0.272. The molecule has 0 bridgehead atoms. The zero-order valence-electron chi connectivity index (χ0n) is 23.2. The van der Waals surface area contributed by atoms with Crippen molar-refractivity contribution in [2.45, 2.75) is 69.5 Å². The molecule has 1 N–H and O–H groups in total. The maximum atomic E-state index is 14.2. The van der Waals surface area contributed by atoms with E-state index in [9.17, 15) is 18.0 Å². The van der Waals surface area contributed by atoms with Crippen LogP contribution in [0.3, 0.4) is 0 Å². The highest BCUT2D eigenvalue weighted by atomic mass is 35.5. The van der Waals surface area contributed by atoms with Crippen LogP contribution in [0.15, 0.2) is 77.7 Å². The van der Waals surface area contributed by atoms with Crippen LogP contribution in [0.5, 0.6) is 0 Å². The van der Waals surface area contributed by atoms with E-state index in [1.165, 1.54) is 35.2 Å². The second-order valence-electron chi connectivity index (χ2n) is 10.3. The van der Waals surface area contributed by atoms with Gasteiger partial charge in [-0.2, -0.15) is 0 Å². The van der Waals surface area contributed by atoms with Gasteiger partial charge in [0.1, 0.15) is 12.6 Å². The van der Waals surface area contributed by atoms with Gasteiger partial charge in [0.2, 0.25) is 11.8 Å². The van der Waals surface area contributed by atoms with Gasteiger partial charge in [-0.05, 0) is 67.6 Å². The first-order valence-electron chi connectivity index (χ1n) is 13.8. The third kappa shape index (κ3) is 7.61. The van der Waals surface area contributed by atoms with E-state index in [2.05, 4.69) is 5.32 Å². The zero-order chi connectivity index (χ0) is 29.6. The van der Waals surface area contributed by atoms with Crippen molar-refractivity contribution in [1.29, 1.82) is 0 Å². The molecule has 1 aliphatic carbocycles. The lowest BCUT2D eigenvalue weighted by Gasteiger charge is -2.34. The van der Waals surface area contributed by atoms with Crippen molar-refractivity contribution >= 4 is 50.7 Å². The van der Waals surface area contributed by atoms with Gasteiger partial charge in [0, 0.05) is 22.6 Å². The summed E-state index contributed by atoms with van der Waals surface area (Å²) in [5.74, 6) is -0.748. The summed E-state index contributed by atoms with van der Waals surface area (Å²) in [5, 5.41) is 3.58. The summed E-state index contributed by atoms with van der Waals surface area (Å²) in [5.41, 5.74) is 1.99. The highest BCUT2D eigenvalue weighted by Crippen LogP contribution is 2.30. The van der Waals surface area contributed by atoms with Crippen molar-refractivity contribution in [3.05, 3.63) is 94.0 Å². The topological polar surface area (TPSA) is 86.8 Å². The Bertz CT molecular complexity index is 1460. The average molecular weight is 617 g/mol. The smallest absolute Gasteiger partial charge is 0.264 e. The van der Waals surface area contributed by atoms with E-state index in [0.29, 0.717) is 6.42 Å². The molecule has 0 aliphatic heterocycles. The van der Waals surface area contributed by atoms with Crippen LogP contribution in [0, 0.1) is 6.92 Å². The number of halogens is 2. The van der Waals surface area contributed by atoms with E-state index >= 15 is 0 Å². The summed E-state index contributed by atoms with van der Waals surface area (Å²) in [7, 11) is -4.20. The van der Waals surface area contributed by atoms with E-state index in [1.54, 1.807) is 18.2 Å².